The molecule has 0 heterocycles. The van der Waals surface area contributed by atoms with Crippen LogP contribution in [-0.2, 0) is 25.1 Å². The average Bonchev–Trinajstić information content (AvgIpc) is 2.79. The highest BCUT2D eigenvalue weighted by Crippen LogP contribution is 2.42. The Morgan fingerprint density at radius 2 is 1.46 bits per heavy atom. The van der Waals surface area contributed by atoms with Gasteiger partial charge in [-0.15, -0.1) is 0 Å². The van der Waals surface area contributed by atoms with Gasteiger partial charge in [-0.3, -0.25) is 4.79 Å². The molecule has 1 aromatic carbocycles. The number of carboxylic acids is 1. The number of aliphatic carboxylic acids is 1. The van der Waals surface area contributed by atoms with Crippen molar-refractivity contribution in [1.82, 2.24) is 0 Å². The van der Waals surface area contributed by atoms with Gasteiger partial charge in [-0.05, 0) is 35.3 Å². The van der Waals surface area contributed by atoms with Gasteiger partial charge >= 0.3 is 5.97 Å². The summed E-state index contributed by atoms with van der Waals surface area (Å²) < 4.78 is 23.2. The van der Waals surface area contributed by atoms with Crippen LogP contribution >= 0.6 is 0 Å². The van der Waals surface area contributed by atoms with Gasteiger partial charge in [0, 0.05) is 18.4 Å². The van der Waals surface area contributed by atoms with Crippen LogP contribution in [0.1, 0.15) is 91.2 Å². The monoisotopic (exact) mass is 526 g/mol. The van der Waals surface area contributed by atoms with Crippen molar-refractivity contribution in [3.8, 4) is 11.5 Å². The summed E-state index contributed by atoms with van der Waals surface area (Å²) in [6, 6.07) is 4.23. The average molecular weight is 527 g/mol. The second-order valence-corrected chi connectivity index (χ2v) is 11.4. The van der Waals surface area contributed by atoms with E-state index in [-0.39, 0.29) is 23.9 Å². The van der Waals surface area contributed by atoms with E-state index in [1.54, 1.807) is 0 Å². The molecule has 0 fully saturated rings. The van der Waals surface area contributed by atoms with Gasteiger partial charge in [0.2, 0.25) is 0 Å². The van der Waals surface area contributed by atoms with E-state index < -0.39 is 12.1 Å². The normalized spacial score (nSPS) is 13.0. The number of benzene rings is 1. The lowest BCUT2D eigenvalue weighted by atomic mass is 9.80. The second-order valence-electron chi connectivity index (χ2n) is 11.4. The third kappa shape index (κ3) is 14.0. The van der Waals surface area contributed by atoms with Crippen molar-refractivity contribution < 1.29 is 39.1 Å². The van der Waals surface area contributed by atoms with Crippen LogP contribution in [0, 0.1) is 0 Å². The number of rotatable bonds is 19. The minimum atomic E-state index is -0.780. The number of unbranched alkanes of at least 4 members (excludes halogenated alkanes) is 2. The van der Waals surface area contributed by atoms with Gasteiger partial charge in [0.15, 0.2) is 11.5 Å². The molecule has 0 saturated carbocycles. The van der Waals surface area contributed by atoms with Crippen LogP contribution in [0.25, 0.3) is 0 Å². The molecule has 8 nitrogen and oxygen atoms in total. The largest absolute Gasteiger partial charge is 0.489 e. The lowest BCUT2D eigenvalue weighted by Crippen LogP contribution is -2.20. The summed E-state index contributed by atoms with van der Waals surface area (Å²) in [5.41, 5.74) is 1.95. The minimum Gasteiger partial charge on any atom is -0.489 e. The molecule has 0 spiro atoms. The summed E-state index contributed by atoms with van der Waals surface area (Å²) in [5.74, 6) is 0.582. The zero-order valence-electron chi connectivity index (χ0n) is 23.8. The molecular weight excluding hydrogens is 476 g/mol. The lowest BCUT2D eigenvalue weighted by Gasteiger charge is -2.29. The van der Waals surface area contributed by atoms with Crippen molar-refractivity contribution in [3.63, 3.8) is 0 Å². The third-order valence-corrected chi connectivity index (χ3v) is 5.95. The predicted octanol–water partition coefficient (Wildman–Crippen LogP) is 4.85. The van der Waals surface area contributed by atoms with E-state index in [4.69, 9.17) is 29.2 Å². The van der Waals surface area contributed by atoms with E-state index in [0.29, 0.717) is 70.4 Å². The molecule has 0 amide bonds. The summed E-state index contributed by atoms with van der Waals surface area (Å²) in [6.07, 6.45) is 3.00. The van der Waals surface area contributed by atoms with E-state index in [1.165, 1.54) is 0 Å². The Kier molecular flexibility index (Phi) is 15.1. The lowest BCUT2D eigenvalue weighted by molar-refractivity contribution is -0.137. The molecule has 8 heteroatoms. The highest BCUT2D eigenvalue weighted by atomic mass is 16.6. The summed E-state index contributed by atoms with van der Waals surface area (Å²) in [4.78, 5) is 10.6. The first-order valence-corrected chi connectivity index (χ1v) is 13.5. The molecule has 1 aromatic rings. The molecule has 1 atom stereocenters. The Bertz CT molecular complexity index is 779. The van der Waals surface area contributed by atoms with Crippen LogP contribution in [-0.4, -0.2) is 73.6 Å². The number of hydrogen-bond acceptors (Lipinski definition) is 7. The Hall–Kier alpha value is -1.87. The first-order valence-electron chi connectivity index (χ1n) is 13.5. The van der Waals surface area contributed by atoms with Crippen molar-refractivity contribution in [2.75, 3.05) is 46.2 Å². The topological polar surface area (TPSA) is 115 Å². The van der Waals surface area contributed by atoms with Crippen LogP contribution in [0.5, 0.6) is 11.5 Å². The van der Waals surface area contributed by atoms with Crippen molar-refractivity contribution >= 4 is 5.97 Å². The molecule has 1 rings (SSSR count). The Morgan fingerprint density at radius 1 is 0.811 bits per heavy atom. The zero-order chi connectivity index (χ0) is 27.9. The van der Waals surface area contributed by atoms with Gasteiger partial charge in [-0.2, -0.15) is 0 Å². The van der Waals surface area contributed by atoms with Crippen LogP contribution in [0.2, 0.25) is 0 Å². The third-order valence-electron chi connectivity index (χ3n) is 5.95. The highest BCUT2D eigenvalue weighted by Gasteiger charge is 2.27. The maximum atomic E-state index is 10.6. The fraction of sp³-hybridized carbons (Fsp3) is 0.759. The predicted molar refractivity (Wildman–Crippen MR) is 145 cm³/mol. The van der Waals surface area contributed by atoms with Gasteiger partial charge in [0.05, 0.1) is 45.7 Å². The summed E-state index contributed by atoms with van der Waals surface area (Å²) >= 11 is 0. The zero-order valence-corrected chi connectivity index (χ0v) is 23.8. The number of carbonyl (C=O) groups is 1. The van der Waals surface area contributed by atoms with Gasteiger partial charge in [-0.1, -0.05) is 60.5 Å². The molecule has 0 aliphatic rings. The van der Waals surface area contributed by atoms with E-state index in [2.05, 4.69) is 47.6 Å². The highest BCUT2D eigenvalue weighted by molar-refractivity contribution is 5.66. The molecule has 0 radical (unpaired) electrons. The Labute approximate surface area is 223 Å². The first kappa shape index (κ1) is 33.2. The fourth-order valence-electron chi connectivity index (χ4n) is 3.72. The van der Waals surface area contributed by atoms with Crippen LogP contribution in [0.4, 0.5) is 0 Å². The van der Waals surface area contributed by atoms with Crippen molar-refractivity contribution in [3.05, 3.63) is 23.3 Å². The molecule has 214 valence electrons. The summed E-state index contributed by atoms with van der Waals surface area (Å²) in [6.45, 7) is 15.2. The number of aliphatic hydroxyl groups is 2. The number of aliphatic hydroxyl groups excluding tert-OH is 2. The van der Waals surface area contributed by atoms with Crippen molar-refractivity contribution in [2.24, 2.45) is 0 Å². The molecule has 0 saturated heterocycles. The van der Waals surface area contributed by atoms with Crippen LogP contribution in [0.3, 0.4) is 0 Å². The van der Waals surface area contributed by atoms with Crippen LogP contribution in [0.15, 0.2) is 12.1 Å². The van der Waals surface area contributed by atoms with Gasteiger partial charge in [0.25, 0.3) is 0 Å². The molecule has 1 unspecified atom stereocenters. The fourth-order valence-corrected chi connectivity index (χ4v) is 3.72. The van der Waals surface area contributed by atoms with Crippen LogP contribution < -0.4 is 9.47 Å². The molecule has 0 aromatic heterocycles. The smallest absolute Gasteiger partial charge is 0.303 e. The molecule has 0 bridgehead atoms. The van der Waals surface area contributed by atoms with Gasteiger partial charge in [-0.25, -0.2) is 0 Å². The van der Waals surface area contributed by atoms with E-state index in [1.807, 2.05) is 6.07 Å². The Balaban J connectivity index is 2.84. The second kappa shape index (κ2) is 16.9. The number of carboxylic acid groups (broad SMARTS) is 1. The summed E-state index contributed by atoms with van der Waals surface area (Å²) in [5, 5.41) is 27.9. The molecule has 3 N–H and O–H groups in total. The summed E-state index contributed by atoms with van der Waals surface area (Å²) in [7, 11) is 0. The van der Waals surface area contributed by atoms with Crippen molar-refractivity contribution in [2.45, 2.75) is 97.0 Å². The van der Waals surface area contributed by atoms with Crippen molar-refractivity contribution in [1.29, 1.82) is 0 Å². The SMILES string of the molecule is CC(C)(C)c1cc(OCCOCCOCCO)c(OCCC(O)CCCCCC(=O)O)c(C(C)(C)C)c1. The number of ether oxygens (including phenoxy) is 4. The van der Waals surface area contributed by atoms with E-state index >= 15 is 0 Å². The first-order chi connectivity index (χ1) is 17.4. The number of hydrogen-bond donors (Lipinski definition) is 3. The Morgan fingerprint density at radius 3 is 2.05 bits per heavy atom. The van der Waals surface area contributed by atoms with Gasteiger partial charge in [0.1, 0.15) is 6.61 Å². The quantitative estimate of drug-likeness (QED) is 0.219. The molecule has 0 aliphatic carbocycles. The molecule has 37 heavy (non-hydrogen) atoms. The minimum absolute atomic E-state index is 0.00403. The van der Waals surface area contributed by atoms with E-state index in [9.17, 15) is 9.90 Å². The van der Waals surface area contributed by atoms with Gasteiger partial charge < -0.3 is 34.3 Å². The maximum Gasteiger partial charge on any atom is 0.303 e. The molecule has 0 aliphatic heterocycles. The maximum absolute atomic E-state index is 10.6. The molecular formula is C29H50O8. The standard InChI is InChI=1S/C29H50O8/c1-28(2,3)22-20-24(29(4,5)6)27(25(21-22)36-19-18-35-17-16-34-15-13-30)37-14-12-23(31)10-8-7-9-11-26(32)33/h20-21,23,30-31H,7-19H2,1-6H3,(H,32,33). The van der Waals surface area contributed by atoms with E-state index in [0.717, 1.165) is 24.0 Å².